The highest BCUT2D eigenvalue weighted by Crippen LogP contribution is 2.48. The number of carbonyl (C=O) groups excluding carboxylic acids is 2. The van der Waals surface area contributed by atoms with Gasteiger partial charge in [-0.05, 0) is 60.4 Å². The van der Waals surface area contributed by atoms with Crippen LogP contribution in [0, 0.1) is 5.92 Å². The van der Waals surface area contributed by atoms with Gasteiger partial charge in [0.15, 0.2) is 17.5 Å². The lowest BCUT2D eigenvalue weighted by Gasteiger charge is -2.14. The monoisotopic (exact) mass is 571 g/mol. The van der Waals surface area contributed by atoms with Crippen molar-refractivity contribution in [1.82, 2.24) is 24.3 Å². The molecule has 1 saturated heterocycles. The molecular weight excluding hydrogens is 542 g/mol. The maximum absolute atomic E-state index is 12.8. The normalized spacial score (nSPS) is 21.8. The second kappa shape index (κ2) is 10.3. The van der Waals surface area contributed by atoms with Gasteiger partial charge in [0.2, 0.25) is 5.91 Å². The summed E-state index contributed by atoms with van der Waals surface area (Å²) in [6, 6.07) is 11.4. The zero-order valence-corrected chi connectivity index (χ0v) is 23.3. The number of likely N-dealkylation sites (N-methyl/N-ethyl adjacent to an activating group) is 1. The molecule has 1 aliphatic heterocycles. The zero-order chi connectivity index (χ0) is 28.1. The summed E-state index contributed by atoms with van der Waals surface area (Å²) in [4.78, 5) is 40.4. The van der Waals surface area contributed by atoms with Crippen LogP contribution < -0.4 is 15.4 Å². The maximum Gasteiger partial charge on any atom is 0.263 e. The number of fused-ring (bicyclic) bond motifs is 1. The van der Waals surface area contributed by atoms with Crippen LogP contribution >= 0.6 is 11.6 Å². The van der Waals surface area contributed by atoms with Gasteiger partial charge < -0.3 is 24.7 Å². The Morgan fingerprint density at radius 2 is 1.95 bits per heavy atom. The van der Waals surface area contributed by atoms with Crippen LogP contribution in [0.1, 0.15) is 54.3 Å². The second-order valence-electron chi connectivity index (χ2n) is 11.2. The topological polar surface area (TPSA) is 114 Å². The summed E-state index contributed by atoms with van der Waals surface area (Å²) in [5, 5.41) is 6.88. The molecule has 3 aliphatic rings. The summed E-state index contributed by atoms with van der Waals surface area (Å²) in [5.74, 6) is 2.18. The third-order valence-electron chi connectivity index (χ3n) is 8.06. The first-order chi connectivity index (χ1) is 19.9. The molecule has 3 fully saturated rings. The van der Waals surface area contributed by atoms with Gasteiger partial charge >= 0.3 is 0 Å². The van der Waals surface area contributed by atoms with Crippen molar-refractivity contribution < 1.29 is 14.3 Å². The molecule has 0 radical (unpaired) electrons. The van der Waals surface area contributed by atoms with Crippen LogP contribution in [0.15, 0.2) is 55.1 Å². The number of benzene rings is 1. The van der Waals surface area contributed by atoms with Crippen LogP contribution in [0.4, 0.5) is 11.6 Å². The number of nitrogens with one attached hydrogen (secondary N) is 2. The highest BCUT2D eigenvalue weighted by atomic mass is 35.5. The fourth-order valence-corrected chi connectivity index (χ4v) is 5.72. The van der Waals surface area contributed by atoms with Gasteiger partial charge in [0, 0.05) is 49.4 Å². The van der Waals surface area contributed by atoms with Crippen LogP contribution in [0.5, 0.6) is 5.75 Å². The van der Waals surface area contributed by atoms with Crippen molar-refractivity contribution in [2.75, 3.05) is 24.2 Å². The molecule has 1 aromatic carbocycles. The molecule has 1 unspecified atom stereocenters. The molecule has 210 valence electrons. The van der Waals surface area contributed by atoms with Crippen LogP contribution in [0.2, 0.25) is 5.02 Å². The molecule has 4 heterocycles. The summed E-state index contributed by atoms with van der Waals surface area (Å²) < 4.78 is 8.21. The van der Waals surface area contributed by atoms with Crippen LogP contribution in [0.3, 0.4) is 0 Å². The fourth-order valence-electron chi connectivity index (χ4n) is 5.52. The van der Waals surface area contributed by atoms with Crippen LogP contribution in [-0.4, -0.2) is 55.8 Å². The number of pyridine rings is 1. The minimum Gasteiger partial charge on any atom is -0.477 e. The van der Waals surface area contributed by atoms with Crippen molar-refractivity contribution in [3.8, 4) is 5.75 Å². The highest BCUT2D eigenvalue weighted by molar-refractivity contribution is 6.30. The van der Waals surface area contributed by atoms with Crippen molar-refractivity contribution in [1.29, 1.82) is 0 Å². The van der Waals surface area contributed by atoms with E-state index in [-0.39, 0.29) is 23.7 Å². The van der Waals surface area contributed by atoms with Gasteiger partial charge in [-0.15, -0.1) is 0 Å². The van der Waals surface area contributed by atoms with E-state index in [9.17, 15) is 9.59 Å². The van der Waals surface area contributed by atoms with E-state index in [4.69, 9.17) is 21.3 Å². The number of nitrogens with zero attached hydrogens (tertiary/aromatic N) is 5. The van der Waals surface area contributed by atoms with E-state index < -0.39 is 6.10 Å². The molecule has 10 nitrogen and oxygen atoms in total. The van der Waals surface area contributed by atoms with Gasteiger partial charge in [-0.3, -0.25) is 9.59 Å². The standard InChI is InChI=1S/C30H30ClN7O3/c1-37-8-7-24(30(37)40)41-25-10-19(17-5-6-17)14-38-15-21(35-28(25)38)13-32-26-12-27(34-16-33-26)36-29(39)23-11-22(23)18-3-2-4-20(31)9-18/h2-4,9-10,12,14-17,22-24H,5-8,11,13H2,1H3,(H2,32,33,34,36,39)/t22-,23+,24?/m1/s1. The van der Waals surface area contributed by atoms with E-state index in [0.717, 1.165) is 30.5 Å². The average molecular weight is 572 g/mol. The predicted octanol–water partition coefficient (Wildman–Crippen LogP) is 4.62. The zero-order valence-electron chi connectivity index (χ0n) is 22.6. The van der Waals surface area contributed by atoms with Crippen LogP contribution in [-0.2, 0) is 16.1 Å². The van der Waals surface area contributed by atoms with Crippen molar-refractivity contribution >= 4 is 40.7 Å². The predicted molar refractivity (Wildman–Crippen MR) is 154 cm³/mol. The number of amides is 2. The number of rotatable bonds is 9. The Hall–Kier alpha value is -4.18. The molecule has 0 bridgehead atoms. The first-order valence-corrected chi connectivity index (χ1v) is 14.3. The Balaban J connectivity index is 1.02. The first-order valence-electron chi connectivity index (χ1n) is 14.0. The molecule has 2 amide bonds. The summed E-state index contributed by atoms with van der Waals surface area (Å²) in [7, 11) is 1.80. The van der Waals surface area contributed by atoms with Crippen molar-refractivity contribution in [3.05, 3.63) is 77.0 Å². The Morgan fingerprint density at radius 3 is 2.73 bits per heavy atom. The largest absolute Gasteiger partial charge is 0.477 e. The maximum atomic E-state index is 12.8. The highest BCUT2D eigenvalue weighted by Gasteiger charge is 2.44. The Morgan fingerprint density at radius 1 is 1.10 bits per heavy atom. The molecule has 0 spiro atoms. The van der Waals surface area contributed by atoms with Gasteiger partial charge in [-0.2, -0.15) is 0 Å². The fraction of sp³-hybridized carbons (Fsp3) is 0.367. The molecular formula is C30H30ClN7O3. The van der Waals surface area contributed by atoms with Gasteiger partial charge in [-0.25, -0.2) is 15.0 Å². The number of ether oxygens (including phenoxy) is 1. The molecule has 2 saturated carbocycles. The SMILES string of the molecule is CN1CCC(Oc2cc(C3CC3)cn3cc(CNc4cc(NC(=O)[C@H]5C[C@@H]5c5cccc(Cl)c5)ncn4)nc23)C1=O. The number of aromatic nitrogens is 4. The van der Waals surface area contributed by atoms with E-state index in [2.05, 4.69) is 26.8 Å². The molecule has 3 aromatic heterocycles. The van der Waals surface area contributed by atoms with Gasteiger partial charge in [0.1, 0.15) is 18.0 Å². The van der Waals surface area contributed by atoms with Crippen molar-refractivity contribution in [2.24, 2.45) is 5.92 Å². The van der Waals surface area contributed by atoms with E-state index in [0.29, 0.717) is 53.5 Å². The summed E-state index contributed by atoms with van der Waals surface area (Å²) in [6.07, 6.45) is 8.79. The molecule has 2 aliphatic carbocycles. The number of carbonyl (C=O) groups is 2. The number of imidazole rings is 1. The minimum absolute atomic E-state index is 0.00162. The molecule has 2 N–H and O–H groups in total. The number of hydrogen-bond donors (Lipinski definition) is 2. The molecule has 11 heteroatoms. The van der Waals surface area contributed by atoms with Crippen molar-refractivity contribution in [2.45, 2.75) is 50.2 Å². The summed E-state index contributed by atoms with van der Waals surface area (Å²) in [6.45, 7) is 1.10. The first kappa shape index (κ1) is 25.8. The molecule has 3 atom stereocenters. The lowest BCUT2D eigenvalue weighted by Crippen LogP contribution is -2.29. The molecule has 7 rings (SSSR count). The van der Waals surface area contributed by atoms with E-state index in [1.165, 1.54) is 11.9 Å². The molecule has 4 aromatic rings. The summed E-state index contributed by atoms with van der Waals surface area (Å²) >= 11 is 6.11. The van der Waals surface area contributed by atoms with E-state index in [1.54, 1.807) is 18.0 Å². The van der Waals surface area contributed by atoms with Gasteiger partial charge in [0.05, 0.1) is 12.2 Å². The number of likely N-dealkylation sites (tertiary alicyclic amines) is 1. The average Bonchev–Trinajstić information content (AvgIpc) is 3.89. The van der Waals surface area contributed by atoms with Gasteiger partial charge in [0.25, 0.3) is 5.91 Å². The second-order valence-corrected chi connectivity index (χ2v) is 11.6. The number of hydrogen-bond acceptors (Lipinski definition) is 7. The lowest BCUT2D eigenvalue weighted by molar-refractivity contribution is -0.132. The Bertz CT molecular complexity index is 1650. The quantitative estimate of drug-likeness (QED) is 0.301. The Kier molecular flexibility index (Phi) is 6.50. The third kappa shape index (κ3) is 5.44. The van der Waals surface area contributed by atoms with Gasteiger partial charge in [-0.1, -0.05) is 23.7 Å². The smallest absolute Gasteiger partial charge is 0.263 e. The third-order valence-corrected chi connectivity index (χ3v) is 8.29. The minimum atomic E-state index is -0.484. The molecule has 41 heavy (non-hydrogen) atoms. The lowest BCUT2D eigenvalue weighted by atomic mass is 10.1. The Labute approximate surface area is 242 Å². The van der Waals surface area contributed by atoms with E-state index >= 15 is 0 Å². The van der Waals surface area contributed by atoms with Crippen LogP contribution in [0.25, 0.3) is 5.65 Å². The van der Waals surface area contributed by atoms with E-state index in [1.807, 2.05) is 40.9 Å². The summed E-state index contributed by atoms with van der Waals surface area (Å²) in [5.41, 5.74) is 3.76. The van der Waals surface area contributed by atoms with Crippen molar-refractivity contribution in [3.63, 3.8) is 0 Å². The number of halogens is 1. The number of anilines is 2.